The van der Waals surface area contributed by atoms with Crippen molar-refractivity contribution in [1.29, 1.82) is 0 Å². The van der Waals surface area contributed by atoms with Crippen LogP contribution in [0.25, 0.3) is 11.0 Å². The van der Waals surface area contributed by atoms with Crippen LogP contribution < -0.4 is 10.4 Å². The van der Waals surface area contributed by atoms with Crippen LogP contribution in [0.2, 0.25) is 10.0 Å². The summed E-state index contributed by atoms with van der Waals surface area (Å²) in [5.74, 6) is -0.598. The van der Waals surface area contributed by atoms with Crippen molar-refractivity contribution in [1.82, 2.24) is 9.97 Å². The van der Waals surface area contributed by atoms with Gasteiger partial charge in [0.15, 0.2) is 5.75 Å². The van der Waals surface area contributed by atoms with Crippen molar-refractivity contribution in [3.05, 3.63) is 50.9 Å². The van der Waals surface area contributed by atoms with Gasteiger partial charge in [0, 0.05) is 5.02 Å². The standard InChI is InChI=1S/C13H9Cl2N3O4S/c14-6-3-8(15)12(19)11(4-6)23(21,22)18-7-1-2-9-10(5-7)17-13(20)16-9/h1-5,18-19H,(H2,16,17,20). The molecule has 10 heteroatoms. The van der Waals surface area contributed by atoms with E-state index in [1.807, 2.05) is 0 Å². The molecule has 0 amide bonds. The minimum absolute atomic E-state index is 0.0681. The van der Waals surface area contributed by atoms with E-state index in [0.29, 0.717) is 11.0 Å². The number of hydrogen-bond donors (Lipinski definition) is 4. The summed E-state index contributed by atoms with van der Waals surface area (Å²) in [5.41, 5.74) is 0.762. The molecule has 0 bridgehead atoms. The number of imidazole rings is 1. The summed E-state index contributed by atoms with van der Waals surface area (Å²) in [5, 5.41) is 9.74. The lowest BCUT2D eigenvalue weighted by Crippen LogP contribution is -2.13. The van der Waals surface area contributed by atoms with Crippen LogP contribution in [0.3, 0.4) is 0 Å². The number of phenols is 1. The van der Waals surface area contributed by atoms with Gasteiger partial charge in [-0.3, -0.25) is 4.72 Å². The van der Waals surface area contributed by atoms with E-state index in [9.17, 15) is 18.3 Å². The molecular weight excluding hydrogens is 365 g/mol. The molecule has 1 heterocycles. The van der Waals surface area contributed by atoms with Gasteiger partial charge < -0.3 is 15.1 Å². The van der Waals surface area contributed by atoms with Gasteiger partial charge in [-0.2, -0.15) is 0 Å². The normalized spacial score (nSPS) is 11.7. The Morgan fingerprint density at radius 1 is 1.04 bits per heavy atom. The first-order chi connectivity index (χ1) is 10.8. The number of nitrogens with one attached hydrogen (secondary N) is 3. The largest absolute Gasteiger partial charge is 0.505 e. The zero-order chi connectivity index (χ0) is 16.8. The summed E-state index contributed by atoms with van der Waals surface area (Å²) in [6.07, 6.45) is 0. The summed E-state index contributed by atoms with van der Waals surface area (Å²) < 4.78 is 27.1. The molecule has 4 N–H and O–H groups in total. The molecular formula is C13H9Cl2N3O4S. The Morgan fingerprint density at radius 2 is 1.74 bits per heavy atom. The van der Waals surface area contributed by atoms with Crippen LogP contribution in [0, 0.1) is 0 Å². The second-order valence-electron chi connectivity index (χ2n) is 4.68. The lowest BCUT2D eigenvalue weighted by molar-refractivity contribution is 0.459. The number of phenolic OH excluding ortho intramolecular Hbond substituents is 1. The van der Waals surface area contributed by atoms with Crippen LogP contribution in [-0.2, 0) is 10.0 Å². The van der Waals surface area contributed by atoms with E-state index < -0.39 is 26.4 Å². The molecule has 23 heavy (non-hydrogen) atoms. The van der Waals surface area contributed by atoms with E-state index in [1.165, 1.54) is 24.3 Å². The quantitative estimate of drug-likeness (QED) is 0.564. The molecule has 0 saturated heterocycles. The SMILES string of the molecule is O=c1[nH]c2ccc(NS(=O)(=O)c3cc(Cl)cc(Cl)c3O)cc2[nH]1. The molecule has 7 nitrogen and oxygen atoms in total. The molecule has 0 aliphatic carbocycles. The van der Waals surface area contributed by atoms with Gasteiger partial charge in [0.05, 0.1) is 21.7 Å². The van der Waals surface area contributed by atoms with Crippen LogP contribution in [0.5, 0.6) is 5.75 Å². The average Bonchev–Trinajstić information content (AvgIpc) is 2.81. The summed E-state index contributed by atoms with van der Waals surface area (Å²) >= 11 is 11.5. The maximum absolute atomic E-state index is 12.4. The van der Waals surface area contributed by atoms with Crippen molar-refractivity contribution in [3.8, 4) is 5.75 Å². The van der Waals surface area contributed by atoms with Gasteiger partial charge in [0.25, 0.3) is 10.0 Å². The predicted molar refractivity (Wildman–Crippen MR) is 87.9 cm³/mol. The van der Waals surface area contributed by atoms with Gasteiger partial charge >= 0.3 is 5.69 Å². The maximum atomic E-state index is 12.4. The van der Waals surface area contributed by atoms with E-state index in [0.717, 1.165) is 6.07 Å². The number of anilines is 1. The molecule has 0 radical (unpaired) electrons. The Morgan fingerprint density at radius 3 is 2.48 bits per heavy atom. The van der Waals surface area contributed by atoms with Gasteiger partial charge in [0.1, 0.15) is 4.90 Å². The summed E-state index contributed by atoms with van der Waals surface area (Å²) in [6, 6.07) is 6.76. The molecule has 2 aromatic carbocycles. The highest BCUT2D eigenvalue weighted by Crippen LogP contribution is 2.35. The van der Waals surface area contributed by atoms with E-state index in [1.54, 1.807) is 0 Å². The van der Waals surface area contributed by atoms with Crippen molar-refractivity contribution in [2.45, 2.75) is 4.90 Å². The first-order valence-corrected chi connectivity index (χ1v) is 8.43. The zero-order valence-electron chi connectivity index (χ0n) is 11.2. The fraction of sp³-hybridized carbons (Fsp3) is 0. The van der Waals surface area contributed by atoms with Gasteiger partial charge in [-0.25, -0.2) is 13.2 Å². The van der Waals surface area contributed by atoms with Crippen LogP contribution in [-0.4, -0.2) is 23.5 Å². The highest BCUT2D eigenvalue weighted by Gasteiger charge is 2.22. The minimum atomic E-state index is -4.12. The lowest BCUT2D eigenvalue weighted by atomic mass is 10.3. The van der Waals surface area contributed by atoms with Crippen molar-refractivity contribution in [3.63, 3.8) is 0 Å². The van der Waals surface area contributed by atoms with Crippen molar-refractivity contribution >= 4 is 49.9 Å². The fourth-order valence-electron chi connectivity index (χ4n) is 2.05. The Labute approximate surface area is 139 Å². The number of aromatic hydroxyl groups is 1. The molecule has 0 spiro atoms. The Kier molecular flexibility index (Phi) is 3.75. The first-order valence-electron chi connectivity index (χ1n) is 6.19. The fourth-order valence-corrected chi connectivity index (χ4v) is 3.86. The van der Waals surface area contributed by atoms with Crippen LogP contribution >= 0.6 is 23.2 Å². The number of hydrogen-bond acceptors (Lipinski definition) is 4. The van der Waals surface area contributed by atoms with Crippen LogP contribution in [0.1, 0.15) is 0 Å². The molecule has 3 rings (SSSR count). The van der Waals surface area contributed by atoms with E-state index in [2.05, 4.69) is 14.7 Å². The predicted octanol–water partition coefficient (Wildman–Crippen LogP) is 2.67. The van der Waals surface area contributed by atoms with Gasteiger partial charge in [-0.1, -0.05) is 23.2 Å². The Hall–Kier alpha value is -2.16. The highest BCUT2D eigenvalue weighted by molar-refractivity contribution is 7.92. The van der Waals surface area contributed by atoms with E-state index in [-0.39, 0.29) is 15.7 Å². The number of halogens is 2. The maximum Gasteiger partial charge on any atom is 0.323 e. The van der Waals surface area contributed by atoms with Gasteiger partial charge in [0.2, 0.25) is 0 Å². The van der Waals surface area contributed by atoms with Crippen molar-refractivity contribution in [2.75, 3.05) is 4.72 Å². The highest BCUT2D eigenvalue weighted by atomic mass is 35.5. The second-order valence-corrected chi connectivity index (χ2v) is 7.17. The van der Waals surface area contributed by atoms with Gasteiger partial charge in [-0.05, 0) is 30.3 Å². The molecule has 0 fully saturated rings. The molecule has 1 aromatic heterocycles. The molecule has 0 saturated carbocycles. The summed E-state index contributed by atoms with van der Waals surface area (Å²) in [4.78, 5) is 15.8. The molecule has 3 aromatic rings. The third-order valence-electron chi connectivity index (χ3n) is 3.05. The summed E-state index contributed by atoms with van der Waals surface area (Å²) in [6.45, 7) is 0. The summed E-state index contributed by atoms with van der Waals surface area (Å²) in [7, 11) is -4.12. The average molecular weight is 374 g/mol. The number of rotatable bonds is 3. The third kappa shape index (κ3) is 3.00. The number of aromatic nitrogens is 2. The minimum Gasteiger partial charge on any atom is -0.505 e. The topological polar surface area (TPSA) is 115 Å². The van der Waals surface area contributed by atoms with Gasteiger partial charge in [-0.15, -0.1) is 0 Å². The van der Waals surface area contributed by atoms with Crippen LogP contribution in [0.4, 0.5) is 5.69 Å². The van der Waals surface area contributed by atoms with E-state index >= 15 is 0 Å². The number of H-pyrrole nitrogens is 2. The monoisotopic (exact) mass is 373 g/mol. The van der Waals surface area contributed by atoms with Crippen LogP contribution in [0.15, 0.2) is 40.0 Å². The lowest BCUT2D eigenvalue weighted by Gasteiger charge is -2.11. The Bertz CT molecular complexity index is 1070. The Balaban J connectivity index is 2.04. The molecule has 0 aliphatic rings. The third-order valence-corrected chi connectivity index (χ3v) is 4.95. The van der Waals surface area contributed by atoms with Crippen molar-refractivity contribution in [2.24, 2.45) is 0 Å². The number of fused-ring (bicyclic) bond motifs is 1. The molecule has 0 unspecified atom stereocenters. The molecule has 120 valence electrons. The van der Waals surface area contributed by atoms with E-state index in [4.69, 9.17) is 23.2 Å². The molecule has 0 aliphatic heterocycles. The molecule has 0 atom stereocenters. The number of benzene rings is 2. The second kappa shape index (κ2) is 5.48. The first kappa shape index (κ1) is 15.7. The smallest absolute Gasteiger partial charge is 0.323 e. The number of aromatic amines is 2. The number of sulfonamides is 1. The zero-order valence-corrected chi connectivity index (χ0v) is 13.6. The van der Waals surface area contributed by atoms with Crippen molar-refractivity contribution < 1.29 is 13.5 Å².